The molecule has 1 N–H and O–H groups in total. The third-order valence-electron chi connectivity index (χ3n) is 3.68. The summed E-state index contributed by atoms with van der Waals surface area (Å²) in [7, 11) is 0. The number of ether oxygens (including phenoxy) is 1. The minimum Gasteiger partial charge on any atom is -0.475 e. The average molecular weight is 287 g/mol. The van der Waals surface area contributed by atoms with Gasteiger partial charge in [-0.15, -0.1) is 6.42 Å². The summed E-state index contributed by atoms with van der Waals surface area (Å²) in [6, 6.07) is 4.58. The lowest BCUT2D eigenvalue weighted by Crippen LogP contribution is -2.42. The van der Waals surface area contributed by atoms with Gasteiger partial charge in [0.25, 0.3) is 0 Å². The van der Waals surface area contributed by atoms with E-state index < -0.39 is 0 Å². The Hall–Kier alpha value is -1.57. The minimum atomic E-state index is 0.144. The Morgan fingerprint density at radius 1 is 1.48 bits per heavy atom. The SMILES string of the molecule is C#CCN1CCC(NCc2cccnc2OC(C)C)CC1. The van der Waals surface area contributed by atoms with Crippen LogP contribution >= 0.6 is 0 Å². The van der Waals surface area contributed by atoms with Crippen LogP contribution in [-0.4, -0.2) is 41.7 Å². The fraction of sp³-hybridized carbons (Fsp3) is 0.588. The zero-order valence-electron chi connectivity index (χ0n) is 13.0. The second-order valence-electron chi connectivity index (χ2n) is 5.77. The van der Waals surface area contributed by atoms with Gasteiger partial charge in [0.1, 0.15) is 0 Å². The molecule has 2 rings (SSSR count). The molecular formula is C17H25N3O. The molecule has 0 aliphatic carbocycles. The van der Waals surface area contributed by atoms with Gasteiger partial charge in [-0.1, -0.05) is 12.0 Å². The largest absolute Gasteiger partial charge is 0.475 e. The van der Waals surface area contributed by atoms with Crippen LogP contribution in [0.4, 0.5) is 0 Å². The molecule has 1 aliphatic heterocycles. The highest BCUT2D eigenvalue weighted by Gasteiger charge is 2.18. The molecule has 0 radical (unpaired) electrons. The number of likely N-dealkylation sites (tertiary alicyclic amines) is 1. The maximum atomic E-state index is 5.75. The lowest BCUT2D eigenvalue weighted by atomic mass is 10.0. The van der Waals surface area contributed by atoms with E-state index in [-0.39, 0.29) is 6.10 Å². The molecule has 0 aromatic carbocycles. The molecule has 1 aromatic rings. The molecule has 114 valence electrons. The van der Waals surface area contributed by atoms with Crippen LogP contribution < -0.4 is 10.1 Å². The van der Waals surface area contributed by atoms with Crippen LogP contribution in [0.5, 0.6) is 5.88 Å². The summed E-state index contributed by atoms with van der Waals surface area (Å²) in [5, 5.41) is 3.62. The first-order chi connectivity index (χ1) is 10.2. The molecule has 1 fully saturated rings. The van der Waals surface area contributed by atoms with Crippen LogP contribution in [0.15, 0.2) is 18.3 Å². The second-order valence-corrected chi connectivity index (χ2v) is 5.77. The first-order valence-corrected chi connectivity index (χ1v) is 7.68. The Labute approximate surface area is 127 Å². The number of terminal acetylenes is 1. The molecule has 1 aromatic heterocycles. The van der Waals surface area contributed by atoms with Crippen LogP contribution in [0.3, 0.4) is 0 Å². The lowest BCUT2D eigenvalue weighted by molar-refractivity contribution is 0.213. The number of piperidine rings is 1. The Bertz CT molecular complexity index is 473. The Morgan fingerprint density at radius 3 is 2.90 bits per heavy atom. The normalized spacial score (nSPS) is 16.9. The van der Waals surface area contributed by atoms with Crippen molar-refractivity contribution in [3.8, 4) is 18.2 Å². The lowest BCUT2D eigenvalue weighted by Gasteiger charge is -2.31. The molecule has 1 aliphatic rings. The van der Waals surface area contributed by atoms with E-state index in [1.54, 1.807) is 6.20 Å². The molecule has 21 heavy (non-hydrogen) atoms. The molecule has 0 spiro atoms. The average Bonchev–Trinajstić information content (AvgIpc) is 2.48. The smallest absolute Gasteiger partial charge is 0.218 e. The highest BCUT2D eigenvalue weighted by Crippen LogP contribution is 2.17. The van der Waals surface area contributed by atoms with Crippen molar-refractivity contribution in [3.63, 3.8) is 0 Å². The molecule has 4 heteroatoms. The summed E-state index contributed by atoms with van der Waals surface area (Å²) in [5.74, 6) is 3.46. The van der Waals surface area contributed by atoms with Gasteiger partial charge < -0.3 is 10.1 Å². The van der Waals surface area contributed by atoms with Gasteiger partial charge in [0, 0.05) is 37.4 Å². The van der Waals surface area contributed by atoms with E-state index in [1.807, 2.05) is 19.9 Å². The zero-order valence-corrected chi connectivity index (χ0v) is 13.0. The Morgan fingerprint density at radius 2 is 2.24 bits per heavy atom. The zero-order chi connectivity index (χ0) is 15.1. The van der Waals surface area contributed by atoms with Gasteiger partial charge in [0.2, 0.25) is 5.88 Å². The summed E-state index contributed by atoms with van der Waals surface area (Å²) in [6.07, 6.45) is 9.56. The summed E-state index contributed by atoms with van der Waals surface area (Å²) >= 11 is 0. The number of hydrogen-bond donors (Lipinski definition) is 1. The van der Waals surface area contributed by atoms with Crippen LogP contribution in [-0.2, 0) is 6.54 Å². The highest BCUT2D eigenvalue weighted by molar-refractivity contribution is 5.25. The quantitative estimate of drug-likeness (QED) is 0.813. The number of nitrogens with one attached hydrogen (secondary N) is 1. The fourth-order valence-electron chi connectivity index (χ4n) is 2.57. The highest BCUT2D eigenvalue weighted by atomic mass is 16.5. The molecule has 1 saturated heterocycles. The molecule has 0 atom stereocenters. The predicted molar refractivity (Wildman–Crippen MR) is 85.1 cm³/mol. The van der Waals surface area contributed by atoms with E-state index in [9.17, 15) is 0 Å². The molecule has 0 unspecified atom stereocenters. The predicted octanol–water partition coefficient (Wildman–Crippen LogP) is 2.06. The van der Waals surface area contributed by atoms with Crippen molar-refractivity contribution in [2.24, 2.45) is 0 Å². The van der Waals surface area contributed by atoms with E-state index in [1.165, 1.54) is 0 Å². The number of rotatable bonds is 6. The second kappa shape index (κ2) is 8.02. The fourth-order valence-corrected chi connectivity index (χ4v) is 2.57. The van der Waals surface area contributed by atoms with Gasteiger partial charge in [-0.25, -0.2) is 4.98 Å². The molecule has 0 bridgehead atoms. The summed E-state index contributed by atoms with van der Waals surface area (Å²) in [4.78, 5) is 6.66. The van der Waals surface area contributed by atoms with Gasteiger partial charge in [0.05, 0.1) is 12.6 Å². The number of hydrogen-bond acceptors (Lipinski definition) is 4. The third-order valence-corrected chi connectivity index (χ3v) is 3.68. The topological polar surface area (TPSA) is 37.4 Å². The van der Waals surface area contributed by atoms with Crippen molar-refractivity contribution in [2.75, 3.05) is 19.6 Å². The summed E-state index contributed by atoms with van der Waals surface area (Å²) in [6.45, 7) is 7.76. The summed E-state index contributed by atoms with van der Waals surface area (Å²) < 4.78 is 5.75. The Kier molecular flexibility index (Phi) is 6.04. The maximum absolute atomic E-state index is 5.75. The number of nitrogens with zero attached hydrogens (tertiary/aromatic N) is 2. The van der Waals surface area contributed by atoms with Crippen molar-refractivity contribution >= 4 is 0 Å². The first kappa shape index (κ1) is 15.8. The number of aromatic nitrogens is 1. The molecular weight excluding hydrogens is 262 g/mol. The van der Waals surface area contributed by atoms with Crippen molar-refractivity contribution in [1.82, 2.24) is 15.2 Å². The van der Waals surface area contributed by atoms with Crippen molar-refractivity contribution in [1.29, 1.82) is 0 Å². The van der Waals surface area contributed by atoms with E-state index in [0.29, 0.717) is 6.04 Å². The summed E-state index contributed by atoms with van der Waals surface area (Å²) in [5.41, 5.74) is 1.12. The molecule has 2 heterocycles. The van der Waals surface area contributed by atoms with Crippen LogP contribution in [0.1, 0.15) is 32.3 Å². The van der Waals surface area contributed by atoms with E-state index in [2.05, 4.69) is 27.2 Å². The van der Waals surface area contributed by atoms with Gasteiger partial charge in [-0.05, 0) is 32.8 Å². The van der Waals surface area contributed by atoms with Crippen molar-refractivity contribution < 1.29 is 4.74 Å². The van der Waals surface area contributed by atoms with Crippen LogP contribution in [0.25, 0.3) is 0 Å². The third kappa shape index (κ3) is 5.04. The number of pyridine rings is 1. The van der Waals surface area contributed by atoms with Crippen molar-refractivity contribution in [2.45, 2.75) is 45.4 Å². The van der Waals surface area contributed by atoms with E-state index >= 15 is 0 Å². The van der Waals surface area contributed by atoms with Gasteiger partial charge >= 0.3 is 0 Å². The first-order valence-electron chi connectivity index (χ1n) is 7.68. The van der Waals surface area contributed by atoms with Crippen molar-refractivity contribution in [3.05, 3.63) is 23.9 Å². The Balaban J connectivity index is 1.83. The van der Waals surface area contributed by atoms with Crippen LogP contribution in [0.2, 0.25) is 0 Å². The monoisotopic (exact) mass is 287 g/mol. The molecule has 0 saturated carbocycles. The standard InChI is InChI=1S/C17H25N3O/c1-4-10-20-11-7-16(8-12-20)19-13-15-6-5-9-18-17(15)21-14(2)3/h1,5-6,9,14,16,19H,7-8,10-13H2,2-3H3. The van der Waals surface area contributed by atoms with Gasteiger partial charge in [-0.3, -0.25) is 4.90 Å². The van der Waals surface area contributed by atoms with Crippen LogP contribution in [0, 0.1) is 12.3 Å². The van der Waals surface area contributed by atoms with E-state index in [0.717, 1.165) is 50.5 Å². The van der Waals surface area contributed by atoms with E-state index in [4.69, 9.17) is 11.2 Å². The maximum Gasteiger partial charge on any atom is 0.218 e. The molecule has 0 amide bonds. The van der Waals surface area contributed by atoms with Gasteiger partial charge in [0.15, 0.2) is 0 Å². The van der Waals surface area contributed by atoms with Gasteiger partial charge in [-0.2, -0.15) is 0 Å². The minimum absolute atomic E-state index is 0.144. The molecule has 4 nitrogen and oxygen atoms in total.